The maximum Gasteiger partial charge on any atom is 0.0693 e. The second kappa shape index (κ2) is 5.68. The SMILES string of the molecule is CC1CCN(CC2(CO)CCCCC2)CC1O. The Balaban J connectivity index is 1.90. The van der Waals surface area contributed by atoms with Gasteiger partial charge in [0.1, 0.15) is 0 Å². The van der Waals surface area contributed by atoms with Crippen molar-refractivity contribution >= 4 is 0 Å². The molecular weight excluding hydrogens is 214 g/mol. The molecule has 1 aliphatic heterocycles. The highest BCUT2D eigenvalue weighted by Gasteiger charge is 2.35. The van der Waals surface area contributed by atoms with Crippen LogP contribution in [0.4, 0.5) is 0 Å². The number of β-amino-alcohol motifs (C(OH)–C–C–N with tert-alkyl or cyclic N) is 1. The number of rotatable bonds is 3. The maximum atomic E-state index is 9.93. The molecular formula is C14H27NO2. The van der Waals surface area contributed by atoms with Crippen LogP contribution in [0, 0.1) is 11.3 Å². The zero-order valence-corrected chi connectivity index (χ0v) is 11.1. The number of hydrogen-bond acceptors (Lipinski definition) is 3. The largest absolute Gasteiger partial charge is 0.396 e. The number of likely N-dealkylation sites (tertiary alicyclic amines) is 1. The molecule has 0 radical (unpaired) electrons. The number of aliphatic hydroxyl groups excluding tert-OH is 2. The van der Waals surface area contributed by atoms with Gasteiger partial charge in [0.15, 0.2) is 0 Å². The van der Waals surface area contributed by atoms with E-state index < -0.39 is 0 Å². The van der Waals surface area contributed by atoms with Crippen LogP contribution in [0.3, 0.4) is 0 Å². The quantitative estimate of drug-likeness (QED) is 0.789. The number of hydrogen-bond donors (Lipinski definition) is 2. The van der Waals surface area contributed by atoms with E-state index in [1.54, 1.807) is 0 Å². The lowest BCUT2D eigenvalue weighted by atomic mass is 9.74. The van der Waals surface area contributed by atoms with E-state index in [0.717, 1.165) is 38.9 Å². The first-order valence-corrected chi connectivity index (χ1v) is 7.16. The summed E-state index contributed by atoms with van der Waals surface area (Å²) >= 11 is 0. The van der Waals surface area contributed by atoms with Gasteiger partial charge in [-0.1, -0.05) is 26.2 Å². The molecule has 3 heteroatoms. The van der Waals surface area contributed by atoms with Gasteiger partial charge in [-0.2, -0.15) is 0 Å². The number of piperidine rings is 1. The first kappa shape index (κ1) is 13.3. The van der Waals surface area contributed by atoms with Crippen molar-refractivity contribution in [1.29, 1.82) is 0 Å². The summed E-state index contributed by atoms with van der Waals surface area (Å²) in [5.41, 5.74) is 0.124. The van der Waals surface area contributed by atoms with Crippen LogP contribution < -0.4 is 0 Å². The third kappa shape index (κ3) is 3.21. The highest BCUT2D eigenvalue weighted by molar-refractivity contribution is 4.88. The van der Waals surface area contributed by atoms with Gasteiger partial charge in [0, 0.05) is 25.1 Å². The molecule has 0 aromatic rings. The van der Waals surface area contributed by atoms with Crippen molar-refractivity contribution in [3.63, 3.8) is 0 Å². The van der Waals surface area contributed by atoms with E-state index in [1.807, 2.05) is 0 Å². The molecule has 1 heterocycles. The van der Waals surface area contributed by atoms with E-state index in [2.05, 4.69) is 11.8 Å². The Kier molecular flexibility index (Phi) is 4.45. The van der Waals surface area contributed by atoms with Crippen molar-refractivity contribution in [2.24, 2.45) is 11.3 Å². The fourth-order valence-corrected chi connectivity index (χ4v) is 3.40. The highest BCUT2D eigenvalue weighted by atomic mass is 16.3. The Bertz CT molecular complexity index is 238. The Morgan fingerprint density at radius 1 is 1.24 bits per heavy atom. The zero-order chi connectivity index (χ0) is 12.3. The van der Waals surface area contributed by atoms with Gasteiger partial charge in [-0.25, -0.2) is 0 Å². The van der Waals surface area contributed by atoms with Crippen LogP contribution in [-0.2, 0) is 0 Å². The summed E-state index contributed by atoms with van der Waals surface area (Å²) < 4.78 is 0. The highest BCUT2D eigenvalue weighted by Crippen LogP contribution is 2.37. The molecule has 0 aromatic carbocycles. The van der Waals surface area contributed by atoms with E-state index in [-0.39, 0.29) is 11.5 Å². The Morgan fingerprint density at radius 2 is 1.94 bits per heavy atom. The average molecular weight is 241 g/mol. The van der Waals surface area contributed by atoms with Crippen LogP contribution in [0.2, 0.25) is 0 Å². The van der Waals surface area contributed by atoms with Gasteiger partial charge in [-0.15, -0.1) is 0 Å². The van der Waals surface area contributed by atoms with Crippen LogP contribution in [-0.4, -0.2) is 47.5 Å². The summed E-state index contributed by atoms with van der Waals surface area (Å²) in [4.78, 5) is 2.37. The van der Waals surface area contributed by atoms with Gasteiger partial charge in [0.05, 0.1) is 6.10 Å². The lowest BCUT2D eigenvalue weighted by Crippen LogP contribution is -2.49. The minimum atomic E-state index is -0.178. The molecule has 100 valence electrons. The molecule has 0 bridgehead atoms. The molecule has 2 atom stereocenters. The monoisotopic (exact) mass is 241 g/mol. The third-order valence-corrected chi connectivity index (χ3v) is 4.81. The number of aliphatic hydroxyl groups is 2. The summed E-state index contributed by atoms with van der Waals surface area (Å²) in [6.07, 6.45) is 7.06. The first-order valence-electron chi connectivity index (χ1n) is 7.16. The second-order valence-corrected chi connectivity index (χ2v) is 6.29. The Morgan fingerprint density at radius 3 is 2.53 bits per heavy atom. The summed E-state index contributed by atoms with van der Waals surface area (Å²) in [5, 5.41) is 19.6. The van der Waals surface area contributed by atoms with Crippen LogP contribution in [0.1, 0.15) is 45.4 Å². The van der Waals surface area contributed by atoms with E-state index in [1.165, 1.54) is 19.3 Å². The van der Waals surface area contributed by atoms with E-state index >= 15 is 0 Å². The summed E-state index contributed by atoms with van der Waals surface area (Å²) in [5.74, 6) is 0.433. The molecule has 1 saturated heterocycles. The van der Waals surface area contributed by atoms with Gasteiger partial charge in [-0.3, -0.25) is 0 Å². The van der Waals surface area contributed by atoms with Gasteiger partial charge < -0.3 is 15.1 Å². The molecule has 2 rings (SSSR count). The molecule has 2 aliphatic rings. The van der Waals surface area contributed by atoms with Crippen molar-refractivity contribution in [2.75, 3.05) is 26.2 Å². The first-order chi connectivity index (χ1) is 8.15. The molecule has 0 spiro atoms. The lowest BCUT2D eigenvalue weighted by molar-refractivity contribution is -0.0148. The lowest BCUT2D eigenvalue weighted by Gasteiger charge is -2.43. The fourth-order valence-electron chi connectivity index (χ4n) is 3.40. The Labute approximate surface area is 105 Å². The van der Waals surface area contributed by atoms with Crippen molar-refractivity contribution in [2.45, 2.75) is 51.6 Å². The molecule has 3 nitrogen and oxygen atoms in total. The van der Waals surface area contributed by atoms with Gasteiger partial charge >= 0.3 is 0 Å². The molecule has 2 unspecified atom stereocenters. The predicted octanol–water partition coefficient (Wildman–Crippen LogP) is 1.63. The standard InChI is InChI=1S/C14H27NO2/c1-12-5-8-15(9-13(12)17)10-14(11-16)6-3-2-4-7-14/h12-13,16-17H,2-11H2,1H3. The zero-order valence-electron chi connectivity index (χ0n) is 11.1. The number of nitrogens with zero attached hydrogens (tertiary/aromatic N) is 1. The fraction of sp³-hybridized carbons (Fsp3) is 1.00. The molecule has 0 amide bonds. The molecule has 1 aliphatic carbocycles. The van der Waals surface area contributed by atoms with E-state index in [0.29, 0.717) is 12.5 Å². The third-order valence-electron chi connectivity index (χ3n) is 4.81. The van der Waals surface area contributed by atoms with Gasteiger partial charge in [-0.05, 0) is 31.7 Å². The smallest absolute Gasteiger partial charge is 0.0693 e. The average Bonchev–Trinajstić information content (AvgIpc) is 2.35. The van der Waals surface area contributed by atoms with Gasteiger partial charge in [0.2, 0.25) is 0 Å². The normalized spacial score (nSPS) is 34.8. The molecule has 2 N–H and O–H groups in total. The predicted molar refractivity (Wildman–Crippen MR) is 68.8 cm³/mol. The van der Waals surface area contributed by atoms with Crippen LogP contribution in [0.5, 0.6) is 0 Å². The maximum absolute atomic E-state index is 9.93. The minimum Gasteiger partial charge on any atom is -0.396 e. The molecule has 1 saturated carbocycles. The summed E-state index contributed by atoms with van der Waals surface area (Å²) in [6.45, 7) is 5.30. The van der Waals surface area contributed by atoms with Crippen molar-refractivity contribution in [3.8, 4) is 0 Å². The topological polar surface area (TPSA) is 43.7 Å². The van der Waals surface area contributed by atoms with Crippen molar-refractivity contribution in [1.82, 2.24) is 4.90 Å². The van der Waals surface area contributed by atoms with Crippen molar-refractivity contribution < 1.29 is 10.2 Å². The van der Waals surface area contributed by atoms with E-state index in [4.69, 9.17) is 0 Å². The molecule has 0 aromatic heterocycles. The van der Waals surface area contributed by atoms with Gasteiger partial charge in [0.25, 0.3) is 0 Å². The Hall–Kier alpha value is -0.120. The van der Waals surface area contributed by atoms with Crippen molar-refractivity contribution in [3.05, 3.63) is 0 Å². The minimum absolute atomic E-state index is 0.124. The second-order valence-electron chi connectivity index (χ2n) is 6.29. The van der Waals surface area contributed by atoms with Crippen LogP contribution >= 0.6 is 0 Å². The van der Waals surface area contributed by atoms with E-state index in [9.17, 15) is 10.2 Å². The summed E-state index contributed by atoms with van der Waals surface area (Å²) in [6, 6.07) is 0. The molecule has 2 fully saturated rings. The van der Waals surface area contributed by atoms with Crippen LogP contribution in [0.15, 0.2) is 0 Å². The molecule has 17 heavy (non-hydrogen) atoms. The summed E-state index contributed by atoms with van der Waals surface area (Å²) in [7, 11) is 0. The van der Waals surface area contributed by atoms with Crippen LogP contribution in [0.25, 0.3) is 0 Å².